The van der Waals surface area contributed by atoms with Gasteiger partial charge in [0.1, 0.15) is 5.76 Å². The predicted octanol–water partition coefficient (Wildman–Crippen LogP) is 4.42. The van der Waals surface area contributed by atoms with Crippen LogP contribution in [0.25, 0.3) is 22.1 Å². The Labute approximate surface area is 186 Å². The molecule has 0 spiro atoms. The molecule has 4 aromatic rings. The van der Waals surface area contributed by atoms with Crippen LogP contribution in [0.15, 0.2) is 94.1 Å². The number of rotatable bonds is 4. The molecule has 0 aliphatic carbocycles. The van der Waals surface area contributed by atoms with Crippen molar-refractivity contribution in [2.75, 3.05) is 26.2 Å². The fourth-order valence-corrected chi connectivity index (χ4v) is 4.27. The highest BCUT2D eigenvalue weighted by Gasteiger charge is 2.25. The van der Waals surface area contributed by atoms with Crippen LogP contribution in [0.1, 0.15) is 15.9 Å². The first-order valence-electron chi connectivity index (χ1n) is 10.9. The topological polar surface area (TPSA) is 53.8 Å². The molecule has 1 aliphatic heterocycles. The third kappa shape index (κ3) is 4.07. The molecule has 0 bridgehead atoms. The zero-order chi connectivity index (χ0) is 21.9. The van der Waals surface area contributed by atoms with Crippen molar-refractivity contribution in [3.05, 3.63) is 106 Å². The van der Waals surface area contributed by atoms with Gasteiger partial charge in [0.15, 0.2) is 0 Å². The summed E-state index contributed by atoms with van der Waals surface area (Å²) in [5.74, 6) is 0.385. The Morgan fingerprint density at radius 3 is 2.31 bits per heavy atom. The van der Waals surface area contributed by atoms with Gasteiger partial charge in [0, 0.05) is 38.3 Å². The summed E-state index contributed by atoms with van der Waals surface area (Å²) in [6.45, 7) is 3.88. The van der Waals surface area contributed by atoms with Crippen molar-refractivity contribution < 1.29 is 9.21 Å². The molecule has 5 nitrogen and oxygen atoms in total. The Hall–Kier alpha value is -3.70. The lowest BCUT2D eigenvalue weighted by molar-refractivity contribution is 0.0629. The van der Waals surface area contributed by atoms with Crippen LogP contribution in [0, 0.1) is 0 Å². The molecule has 2 heterocycles. The molecular weight excluding hydrogens is 400 g/mol. The van der Waals surface area contributed by atoms with Crippen molar-refractivity contribution in [2.24, 2.45) is 0 Å². The van der Waals surface area contributed by atoms with Gasteiger partial charge in [0.05, 0.1) is 10.9 Å². The second-order valence-corrected chi connectivity index (χ2v) is 8.08. The first-order valence-corrected chi connectivity index (χ1v) is 10.9. The van der Waals surface area contributed by atoms with Gasteiger partial charge in [-0.1, -0.05) is 66.7 Å². The van der Waals surface area contributed by atoms with Crippen molar-refractivity contribution in [2.45, 2.75) is 6.54 Å². The number of piperazine rings is 1. The maximum absolute atomic E-state index is 13.4. The molecule has 0 unspecified atom stereocenters. The fourth-order valence-electron chi connectivity index (χ4n) is 4.27. The third-order valence-corrected chi connectivity index (χ3v) is 6.00. The van der Waals surface area contributed by atoms with Crippen LogP contribution in [0.4, 0.5) is 0 Å². The molecule has 1 saturated heterocycles. The van der Waals surface area contributed by atoms with Gasteiger partial charge in [-0.05, 0) is 29.1 Å². The van der Waals surface area contributed by atoms with Gasteiger partial charge in [-0.2, -0.15) is 0 Å². The van der Waals surface area contributed by atoms with E-state index in [2.05, 4.69) is 29.2 Å². The van der Waals surface area contributed by atoms with Crippen molar-refractivity contribution in [3.8, 4) is 11.3 Å². The Morgan fingerprint density at radius 1 is 0.812 bits per heavy atom. The van der Waals surface area contributed by atoms with Crippen LogP contribution in [0.2, 0.25) is 0 Å². The Morgan fingerprint density at radius 2 is 1.50 bits per heavy atom. The van der Waals surface area contributed by atoms with E-state index in [1.807, 2.05) is 59.5 Å². The molecule has 5 rings (SSSR count). The second kappa shape index (κ2) is 8.81. The van der Waals surface area contributed by atoms with Gasteiger partial charge in [-0.15, -0.1) is 0 Å². The van der Waals surface area contributed by atoms with E-state index in [1.165, 1.54) is 5.56 Å². The predicted molar refractivity (Wildman–Crippen MR) is 126 cm³/mol. The first kappa shape index (κ1) is 20.2. The molecule has 3 aromatic carbocycles. The summed E-state index contributed by atoms with van der Waals surface area (Å²) < 4.78 is 5.60. The number of amides is 1. The van der Waals surface area contributed by atoms with Crippen molar-refractivity contribution in [1.82, 2.24) is 9.80 Å². The number of carbonyl (C=O) groups is 1. The Kier molecular flexibility index (Phi) is 5.57. The normalized spacial score (nSPS) is 14.6. The number of carbonyl (C=O) groups excluding carboxylic acids is 1. The highest BCUT2D eigenvalue weighted by atomic mass is 16.4. The van der Waals surface area contributed by atoms with E-state index in [1.54, 1.807) is 6.07 Å². The van der Waals surface area contributed by atoms with E-state index in [4.69, 9.17) is 4.42 Å². The quantitative estimate of drug-likeness (QED) is 0.487. The molecule has 32 heavy (non-hydrogen) atoms. The van der Waals surface area contributed by atoms with Crippen LogP contribution in [0.5, 0.6) is 0 Å². The molecule has 0 saturated carbocycles. The third-order valence-electron chi connectivity index (χ3n) is 6.00. The maximum Gasteiger partial charge on any atom is 0.344 e. The Bertz CT molecular complexity index is 1310. The number of hydrogen-bond acceptors (Lipinski definition) is 4. The summed E-state index contributed by atoms with van der Waals surface area (Å²) in [6, 6.07) is 26.9. The van der Waals surface area contributed by atoms with Gasteiger partial charge in [-0.25, -0.2) is 4.79 Å². The van der Waals surface area contributed by atoms with E-state index in [0.29, 0.717) is 35.4 Å². The molecule has 0 atom stereocenters. The van der Waals surface area contributed by atoms with Crippen LogP contribution in [0.3, 0.4) is 0 Å². The average Bonchev–Trinajstić information content (AvgIpc) is 2.85. The van der Waals surface area contributed by atoms with Gasteiger partial charge < -0.3 is 9.32 Å². The lowest BCUT2D eigenvalue weighted by Gasteiger charge is -2.35. The summed E-state index contributed by atoms with van der Waals surface area (Å²) in [5.41, 5.74) is 2.09. The van der Waals surface area contributed by atoms with E-state index in [0.717, 1.165) is 25.0 Å². The van der Waals surface area contributed by atoms with E-state index >= 15 is 0 Å². The van der Waals surface area contributed by atoms with E-state index in [9.17, 15) is 9.59 Å². The average molecular weight is 425 g/mol. The monoisotopic (exact) mass is 424 g/mol. The number of fused-ring (bicyclic) bond motifs is 1. The lowest BCUT2D eigenvalue weighted by atomic mass is 10.0. The SMILES string of the molecule is O=C(c1ccccc1-c1cc2ccccc2c(=O)o1)N1CCN(Cc2ccccc2)CC1. The van der Waals surface area contributed by atoms with Crippen molar-refractivity contribution in [1.29, 1.82) is 0 Å². The molecule has 5 heteroatoms. The second-order valence-electron chi connectivity index (χ2n) is 8.08. The number of hydrogen-bond donors (Lipinski definition) is 0. The van der Waals surface area contributed by atoms with Gasteiger partial charge in [-0.3, -0.25) is 9.69 Å². The molecule has 1 aliphatic rings. The number of benzene rings is 3. The molecule has 0 N–H and O–H groups in total. The zero-order valence-corrected chi connectivity index (χ0v) is 17.7. The molecule has 160 valence electrons. The molecule has 0 radical (unpaired) electrons. The smallest absolute Gasteiger partial charge is 0.344 e. The van der Waals surface area contributed by atoms with Gasteiger partial charge in [0.25, 0.3) is 5.91 Å². The maximum atomic E-state index is 13.4. The highest BCUT2D eigenvalue weighted by Crippen LogP contribution is 2.27. The van der Waals surface area contributed by atoms with Crippen molar-refractivity contribution in [3.63, 3.8) is 0 Å². The molecule has 1 amide bonds. The zero-order valence-electron chi connectivity index (χ0n) is 17.7. The molecular formula is C27H24N2O3. The minimum absolute atomic E-state index is 0.0317. The fraction of sp³-hybridized carbons (Fsp3) is 0.185. The largest absolute Gasteiger partial charge is 0.422 e. The molecule has 1 fully saturated rings. The highest BCUT2D eigenvalue weighted by molar-refractivity contribution is 6.01. The summed E-state index contributed by atoms with van der Waals surface area (Å²) in [4.78, 5) is 30.1. The lowest BCUT2D eigenvalue weighted by Crippen LogP contribution is -2.48. The first-order chi connectivity index (χ1) is 15.7. The summed E-state index contributed by atoms with van der Waals surface area (Å²) >= 11 is 0. The Balaban J connectivity index is 1.36. The standard InChI is InChI=1S/C27H24N2O3/c30-26(29-16-14-28(15-17-29)19-20-8-2-1-3-9-20)24-13-7-6-12-23(24)25-18-21-10-4-5-11-22(21)27(31)32-25/h1-13,18H,14-17,19H2. The van der Waals surface area contributed by atoms with Crippen LogP contribution < -0.4 is 5.63 Å². The van der Waals surface area contributed by atoms with E-state index in [-0.39, 0.29) is 5.91 Å². The van der Waals surface area contributed by atoms with Gasteiger partial charge in [0.2, 0.25) is 0 Å². The molecule has 1 aromatic heterocycles. The van der Waals surface area contributed by atoms with E-state index < -0.39 is 5.63 Å². The van der Waals surface area contributed by atoms with Gasteiger partial charge >= 0.3 is 5.63 Å². The van der Waals surface area contributed by atoms with Crippen molar-refractivity contribution >= 4 is 16.7 Å². The van der Waals surface area contributed by atoms with Crippen LogP contribution >= 0.6 is 0 Å². The summed E-state index contributed by atoms with van der Waals surface area (Å²) in [6.07, 6.45) is 0. The minimum atomic E-state index is -0.394. The number of nitrogens with zero attached hydrogens (tertiary/aromatic N) is 2. The van der Waals surface area contributed by atoms with Crippen LogP contribution in [-0.4, -0.2) is 41.9 Å². The summed E-state index contributed by atoms with van der Waals surface area (Å²) in [5, 5.41) is 1.34. The summed E-state index contributed by atoms with van der Waals surface area (Å²) in [7, 11) is 0. The minimum Gasteiger partial charge on any atom is -0.422 e. The van der Waals surface area contributed by atoms with Crippen LogP contribution in [-0.2, 0) is 6.54 Å².